The molecule has 0 saturated carbocycles. The van der Waals surface area contributed by atoms with Gasteiger partial charge in [0.25, 0.3) is 0 Å². The average Bonchev–Trinajstić information content (AvgIpc) is 2.47. The molecule has 2 aromatic heterocycles. The van der Waals surface area contributed by atoms with Crippen LogP contribution in [0.1, 0.15) is 5.56 Å². The Hall–Kier alpha value is -3.29. The molecule has 22 heavy (non-hydrogen) atoms. The van der Waals surface area contributed by atoms with E-state index in [2.05, 4.69) is 20.3 Å². The second kappa shape index (κ2) is 6.44. The van der Waals surface area contributed by atoms with Crippen molar-refractivity contribution < 1.29 is 19.8 Å². The molecule has 0 aliphatic heterocycles. The van der Waals surface area contributed by atoms with Gasteiger partial charge in [-0.1, -0.05) is 0 Å². The lowest BCUT2D eigenvalue weighted by atomic mass is 10.1. The molecule has 0 aromatic carbocycles. The van der Waals surface area contributed by atoms with Crippen molar-refractivity contribution in [3.05, 3.63) is 48.1 Å². The number of carbonyl (C=O) groups excluding carboxylic acids is 2. The Labute approximate surface area is 125 Å². The number of aryl methyl sites for hydroxylation is 1. The molecule has 2 rings (SSSR count). The van der Waals surface area contributed by atoms with Crippen LogP contribution in [0.5, 0.6) is 0 Å². The summed E-state index contributed by atoms with van der Waals surface area (Å²) in [5.41, 5.74) is 0.600. The fraction of sp³-hybridized carbons (Fsp3) is 0.0714. The summed E-state index contributed by atoms with van der Waals surface area (Å²) in [7, 11) is 0. The predicted octanol–water partition coefficient (Wildman–Crippen LogP) is -1.36. The van der Waals surface area contributed by atoms with Crippen LogP contribution in [0, 0.1) is 6.92 Å². The van der Waals surface area contributed by atoms with E-state index in [1.165, 1.54) is 12.3 Å². The van der Waals surface area contributed by atoms with Gasteiger partial charge >= 0.3 is 0 Å². The van der Waals surface area contributed by atoms with E-state index >= 15 is 0 Å². The zero-order valence-corrected chi connectivity index (χ0v) is 11.4. The SMILES string of the molecule is Cc1cnccc1-c1nccc(NC=C(C(=O)[O-])C(=O)[O-])n1. The van der Waals surface area contributed by atoms with Gasteiger partial charge in [-0.3, -0.25) is 4.98 Å². The van der Waals surface area contributed by atoms with Crippen molar-refractivity contribution in [1.82, 2.24) is 15.0 Å². The first-order valence-corrected chi connectivity index (χ1v) is 6.12. The summed E-state index contributed by atoms with van der Waals surface area (Å²) >= 11 is 0. The maximum atomic E-state index is 10.6. The highest BCUT2D eigenvalue weighted by atomic mass is 16.4. The number of anilines is 1. The third kappa shape index (κ3) is 3.42. The van der Waals surface area contributed by atoms with Gasteiger partial charge in [-0.2, -0.15) is 0 Å². The normalized spacial score (nSPS) is 9.86. The molecule has 0 fully saturated rings. The topological polar surface area (TPSA) is 131 Å². The molecule has 0 saturated heterocycles. The fourth-order valence-corrected chi connectivity index (χ4v) is 1.64. The van der Waals surface area contributed by atoms with Gasteiger partial charge in [-0.05, 0) is 24.6 Å². The molecular weight excluding hydrogens is 288 g/mol. The lowest BCUT2D eigenvalue weighted by Crippen LogP contribution is -2.36. The number of hydrogen-bond donors (Lipinski definition) is 1. The van der Waals surface area contributed by atoms with Gasteiger partial charge in [0, 0.05) is 35.9 Å². The number of hydrogen-bond acceptors (Lipinski definition) is 8. The van der Waals surface area contributed by atoms with Crippen LogP contribution in [0.25, 0.3) is 11.4 Å². The highest BCUT2D eigenvalue weighted by molar-refractivity contribution is 6.10. The monoisotopic (exact) mass is 298 g/mol. The van der Waals surface area contributed by atoms with Crippen molar-refractivity contribution >= 4 is 17.8 Å². The maximum absolute atomic E-state index is 10.6. The summed E-state index contributed by atoms with van der Waals surface area (Å²) in [5, 5.41) is 23.7. The molecule has 0 bridgehead atoms. The molecule has 0 atom stereocenters. The first-order valence-electron chi connectivity index (χ1n) is 6.12. The molecule has 1 N–H and O–H groups in total. The van der Waals surface area contributed by atoms with Crippen LogP contribution in [0.4, 0.5) is 5.82 Å². The minimum atomic E-state index is -1.85. The standard InChI is InChI=1S/C14H12N4O4/c1-8-6-15-4-2-9(8)12-16-5-3-11(18-12)17-7-10(13(19)20)14(21)22/h2-7H,1H3,(H,19,20)(H,21,22)(H,16,17,18)/p-2. The quantitative estimate of drug-likeness (QED) is 0.407. The van der Waals surface area contributed by atoms with Crippen LogP contribution in [-0.2, 0) is 9.59 Å². The van der Waals surface area contributed by atoms with E-state index in [-0.39, 0.29) is 5.82 Å². The number of carbonyl (C=O) groups is 2. The summed E-state index contributed by atoms with van der Waals surface area (Å²) in [5.74, 6) is -3.10. The number of aliphatic carboxylic acids is 2. The number of aromatic nitrogens is 3. The van der Waals surface area contributed by atoms with Gasteiger partial charge < -0.3 is 25.1 Å². The number of rotatable bonds is 5. The molecule has 0 unspecified atom stereocenters. The minimum absolute atomic E-state index is 0.223. The first-order chi connectivity index (χ1) is 10.5. The fourth-order valence-electron chi connectivity index (χ4n) is 1.64. The van der Waals surface area contributed by atoms with Crippen LogP contribution in [0.3, 0.4) is 0 Å². The number of pyridine rings is 1. The molecule has 0 aliphatic rings. The van der Waals surface area contributed by atoms with Crippen LogP contribution in [0.2, 0.25) is 0 Å². The molecule has 8 heteroatoms. The number of nitrogens with zero attached hydrogens (tertiary/aromatic N) is 3. The van der Waals surface area contributed by atoms with E-state index in [1.807, 2.05) is 6.92 Å². The molecule has 0 radical (unpaired) electrons. The summed E-state index contributed by atoms with van der Waals surface area (Å²) in [6, 6.07) is 3.19. The van der Waals surface area contributed by atoms with Crippen molar-refractivity contribution in [2.24, 2.45) is 0 Å². The minimum Gasteiger partial charge on any atom is -0.545 e. The van der Waals surface area contributed by atoms with Gasteiger partial charge in [0.15, 0.2) is 5.82 Å². The highest BCUT2D eigenvalue weighted by Gasteiger charge is 2.06. The van der Waals surface area contributed by atoms with E-state index in [0.717, 1.165) is 17.3 Å². The van der Waals surface area contributed by atoms with Gasteiger partial charge in [-0.15, -0.1) is 0 Å². The second-order valence-corrected chi connectivity index (χ2v) is 4.23. The third-order valence-electron chi connectivity index (χ3n) is 2.72. The molecule has 0 amide bonds. The lowest BCUT2D eigenvalue weighted by Gasteiger charge is -2.10. The Morgan fingerprint density at radius 2 is 1.91 bits per heavy atom. The smallest absolute Gasteiger partial charge is 0.161 e. The maximum Gasteiger partial charge on any atom is 0.161 e. The van der Waals surface area contributed by atoms with Crippen molar-refractivity contribution in [2.75, 3.05) is 5.32 Å². The molecule has 2 aromatic rings. The Bertz CT molecular complexity index is 742. The Morgan fingerprint density at radius 3 is 2.55 bits per heavy atom. The molecular formula is C14H10N4O4-2. The molecule has 0 spiro atoms. The van der Waals surface area contributed by atoms with Gasteiger partial charge in [-0.25, -0.2) is 9.97 Å². The van der Waals surface area contributed by atoms with Crippen LogP contribution < -0.4 is 15.5 Å². The number of carboxylic acid groups (broad SMARTS) is 2. The van der Waals surface area contributed by atoms with Gasteiger partial charge in [0.1, 0.15) is 5.82 Å². The first kappa shape index (κ1) is 15.1. The van der Waals surface area contributed by atoms with Crippen molar-refractivity contribution in [3.8, 4) is 11.4 Å². The van der Waals surface area contributed by atoms with Crippen molar-refractivity contribution in [1.29, 1.82) is 0 Å². The second-order valence-electron chi connectivity index (χ2n) is 4.23. The Balaban J connectivity index is 2.30. The van der Waals surface area contributed by atoms with Gasteiger partial charge in [0.05, 0.1) is 11.9 Å². The third-order valence-corrected chi connectivity index (χ3v) is 2.72. The van der Waals surface area contributed by atoms with E-state index in [4.69, 9.17) is 0 Å². The van der Waals surface area contributed by atoms with Crippen molar-refractivity contribution in [2.45, 2.75) is 6.92 Å². The van der Waals surface area contributed by atoms with Crippen LogP contribution in [0.15, 0.2) is 42.5 Å². The van der Waals surface area contributed by atoms with E-state index in [1.54, 1.807) is 18.5 Å². The zero-order valence-electron chi connectivity index (χ0n) is 11.4. The molecule has 112 valence electrons. The molecule has 8 nitrogen and oxygen atoms in total. The van der Waals surface area contributed by atoms with Gasteiger partial charge in [0.2, 0.25) is 0 Å². The molecule has 2 heterocycles. The summed E-state index contributed by atoms with van der Waals surface area (Å²) in [6.07, 6.45) is 5.45. The van der Waals surface area contributed by atoms with Crippen LogP contribution in [-0.4, -0.2) is 26.9 Å². The molecule has 0 aliphatic carbocycles. The highest BCUT2D eigenvalue weighted by Crippen LogP contribution is 2.19. The number of nitrogens with one attached hydrogen (secondary N) is 1. The largest absolute Gasteiger partial charge is 0.545 e. The predicted molar refractivity (Wildman–Crippen MR) is 71.7 cm³/mol. The van der Waals surface area contributed by atoms with Crippen LogP contribution >= 0.6 is 0 Å². The van der Waals surface area contributed by atoms with Crippen molar-refractivity contribution in [3.63, 3.8) is 0 Å². The summed E-state index contributed by atoms with van der Waals surface area (Å²) in [4.78, 5) is 33.5. The lowest BCUT2D eigenvalue weighted by molar-refractivity contribution is -0.312. The summed E-state index contributed by atoms with van der Waals surface area (Å²) in [6.45, 7) is 1.84. The average molecular weight is 298 g/mol. The Morgan fingerprint density at radius 1 is 1.18 bits per heavy atom. The van der Waals surface area contributed by atoms with E-state index < -0.39 is 17.5 Å². The number of carboxylic acids is 2. The summed E-state index contributed by atoms with van der Waals surface area (Å²) < 4.78 is 0. The zero-order chi connectivity index (χ0) is 16.1. The van der Waals surface area contributed by atoms with E-state index in [0.29, 0.717) is 5.82 Å². The Kier molecular flexibility index (Phi) is 4.42. The van der Waals surface area contributed by atoms with E-state index in [9.17, 15) is 19.8 Å².